The molecular weight excluding hydrogens is 386 g/mol. The number of aromatic hydroxyl groups is 1. The quantitative estimate of drug-likeness (QED) is 0.253. The molecule has 0 fully saturated rings. The Kier molecular flexibility index (Phi) is 5.13. The van der Waals surface area contributed by atoms with Crippen molar-refractivity contribution in [1.82, 2.24) is 4.98 Å². The van der Waals surface area contributed by atoms with Gasteiger partial charge in [-0.3, -0.25) is 15.1 Å². The predicted molar refractivity (Wildman–Crippen MR) is 117 cm³/mol. The number of aliphatic imine (C=N–C) groups is 1. The van der Waals surface area contributed by atoms with E-state index in [1.54, 1.807) is 42.6 Å². The van der Waals surface area contributed by atoms with E-state index in [9.17, 15) is 15.2 Å². The van der Waals surface area contributed by atoms with Gasteiger partial charge in [-0.05, 0) is 48.0 Å². The van der Waals surface area contributed by atoms with Crippen LogP contribution < -0.4 is 0 Å². The van der Waals surface area contributed by atoms with E-state index in [4.69, 9.17) is 0 Å². The van der Waals surface area contributed by atoms with Gasteiger partial charge in [-0.2, -0.15) is 0 Å². The van der Waals surface area contributed by atoms with E-state index in [2.05, 4.69) is 9.98 Å². The van der Waals surface area contributed by atoms with Gasteiger partial charge in [0.1, 0.15) is 10.8 Å². The first-order valence-corrected chi connectivity index (χ1v) is 9.56. The molecule has 0 bridgehead atoms. The van der Waals surface area contributed by atoms with Crippen LogP contribution in [0.2, 0.25) is 0 Å². The molecule has 0 saturated heterocycles. The number of thiazole rings is 1. The highest BCUT2D eigenvalue weighted by Gasteiger charge is 2.10. The fourth-order valence-electron chi connectivity index (χ4n) is 2.76. The summed E-state index contributed by atoms with van der Waals surface area (Å²) in [5.74, 6) is 0.123. The number of allylic oxidation sites excluding steroid dienone is 1. The van der Waals surface area contributed by atoms with Gasteiger partial charge in [-0.25, -0.2) is 4.98 Å². The summed E-state index contributed by atoms with van der Waals surface area (Å²) in [5.41, 5.74) is 3.08. The molecule has 0 aliphatic rings. The molecule has 4 aromatic rings. The molecule has 1 heterocycles. The van der Waals surface area contributed by atoms with E-state index in [0.717, 1.165) is 20.8 Å². The third kappa shape index (κ3) is 4.20. The summed E-state index contributed by atoms with van der Waals surface area (Å²) in [4.78, 5) is 19.1. The molecule has 0 radical (unpaired) electrons. The fraction of sp³-hybridized carbons (Fsp3) is 0. The summed E-state index contributed by atoms with van der Waals surface area (Å²) in [6.07, 6.45) is 5.13. The summed E-state index contributed by atoms with van der Waals surface area (Å²) < 4.78 is 1.07. The Balaban J connectivity index is 1.48. The van der Waals surface area contributed by atoms with Crippen molar-refractivity contribution in [3.63, 3.8) is 0 Å². The second-order valence-electron chi connectivity index (χ2n) is 6.17. The first-order valence-electron chi connectivity index (χ1n) is 8.74. The second-order valence-corrected chi connectivity index (χ2v) is 7.20. The number of non-ortho nitro benzene ring substituents is 1. The van der Waals surface area contributed by atoms with Crippen LogP contribution in [0.5, 0.6) is 5.75 Å². The van der Waals surface area contributed by atoms with Crippen LogP contribution in [0.15, 0.2) is 77.8 Å². The molecule has 7 heteroatoms. The van der Waals surface area contributed by atoms with Gasteiger partial charge in [0.15, 0.2) is 0 Å². The van der Waals surface area contributed by atoms with Crippen LogP contribution in [-0.4, -0.2) is 21.2 Å². The van der Waals surface area contributed by atoms with Gasteiger partial charge in [-0.1, -0.05) is 18.2 Å². The maximum atomic E-state index is 10.7. The van der Waals surface area contributed by atoms with Crippen molar-refractivity contribution in [1.29, 1.82) is 0 Å². The minimum atomic E-state index is -0.431. The summed E-state index contributed by atoms with van der Waals surface area (Å²) in [5, 5.41) is 21.8. The molecule has 0 unspecified atom stereocenters. The Morgan fingerprint density at radius 2 is 1.86 bits per heavy atom. The zero-order chi connectivity index (χ0) is 20.2. The van der Waals surface area contributed by atoms with Crippen LogP contribution in [0.25, 0.3) is 26.9 Å². The standard InChI is InChI=1S/C22H15N3O3S/c26-20-14-16(23-13-3-4-15-7-10-17(11-8-15)25(27)28)9-12-18(20)22-24-19-5-1-2-6-21(19)29-22/h1-14,26H/b4-3+,23-13?. The maximum Gasteiger partial charge on any atom is 0.269 e. The lowest BCUT2D eigenvalue weighted by molar-refractivity contribution is -0.384. The Morgan fingerprint density at radius 3 is 2.59 bits per heavy atom. The van der Waals surface area contributed by atoms with Crippen molar-refractivity contribution in [2.45, 2.75) is 0 Å². The van der Waals surface area contributed by atoms with Crippen molar-refractivity contribution in [3.8, 4) is 16.3 Å². The van der Waals surface area contributed by atoms with E-state index < -0.39 is 4.92 Å². The van der Waals surface area contributed by atoms with E-state index >= 15 is 0 Å². The van der Waals surface area contributed by atoms with E-state index in [-0.39, 0.29) is 11.4 Å². The molecule has 0 amide bonds. The Bertz CT molecular complexity index is 1210. The van der Waals surface area contributed by atoms with Gasteiger partial charge < -0.3 is 5.11 Å². The van der Waals surface area contributed by atoms with Gasteiger partial charge in [0.25, 0.3) is 5.69 Å². The first-order chi connectivity index (χ1) is 14.1. The van der Waals surface area contributed by atoms with Crippen LogP contribution in [-0.2, 0) is 0 Å². The van der Waals surface area contributed by atoms with Crippen LogP contribution >= 0.6 is 11.3 Å². The number of nitrogens with zero attached hydrogens (tertiary/aromatic N) is 3. The average Bonchev–Trinajstić information content (AvgIpc) is 3.15. The zero-order valence-corrected chi connectivity index (χ0v) is 15.9. The number of benzene rings is 3. The number of hydrogen-bond acceptors (Lipinski definition) is 6. The molecule has 1 aromatic heterocycles. The zero-order valence-electron chi connectivity index (χ0n) is 15.1. The smallest absolute Gasteiger partial charge is 0.269 e. The number of phenolic OH excluding ortho intramolecular Hbond substituents is 1. The number of para-hydroxylation sites is 1. The van der Waals surface area contributed by atoms with Crippen molar-refractivity contribution in [3.05, 3.63) is 88.5 Å². The number of nitro groups is 1. The van der Waals surface area contributed by atoms with E-state index in [1.807, 2.05) is 30.3 Å². The van der Waals surface area contributed by atoms with Gasteiger partial charge in [0, 0.05) is 24.4 Å². The highest BCUT2D eigenvalue weighted by molar-refractivity contribution is 7.21. The molecule has 6 nitrogen and oxygen atoms in total. The molecule has 0 spiro atoms. The third-order valence-electron chi connectivity index (χ3n) is 4.21. The lowest BCUT2D eigenvalue weighted by Gasteiger charge is -2.01. The largest absolute Gasteiger partial charge is 0.507 e. The third-order valence-corrected chi connectivity index (χ3v) is 5.28. The number of hydrogen-bond donors (Lipinski definition) is 1. The Hall–Kier alpha value is -3.84. The van der Waals surface area contributed by atoms with E-state index in [1.165, 1.54) is 23.5 Å². The SMILES string of the molecule is O=[N+]([O-])c1ccc(/C=C/C=Nc2ccc(-c3nc4ccccc4s3)c(O)c2)cc1. The monoisotopic (exact) mass is 401 g/mol. The minimum absolute atomic E-state index is 0.0551. The Morgan fingerprint density at radius 1 is 1.07 bits per heavy atom. The van der Waals surface area contributed by atoms with E-state index in [0.29, 0.717) is 11.3 Å². The molecule has 3 aromatic carbocycles. The lowest BCUT2D eigenvalue weighted by Crippen LogP contribution is -1.86. The van der Waals surface area contributed by atoms with Crippen LogP contribution in [0.4, 0.5) is 11.4 Å². The second kappa shape index (κ2) is 8.04. The number of nitro benzene ring substituents is 1. The van der Waals surface area contributed by atoms with Crippen molar-refractivity contribution in [2.75, 3.05) is 0 Å². The van der Waals surface area contributed by atoms with Crippen molar-refractivity contribution < 1.29 is 10.0 Å². The van der Waals surface area contributed by atoms with Gasteiger partial charge in [-0.15, -0.1) is 11.3 Å². The van der Waals surface area contributed by atoms with Crippen LogP contribution in [0.1, 0.15) is 5.56 Å². The fourth-order valence-corrected chi connectivity index (χ4v) is 3.76. The molecule has 0 aliphatic heterocycles. The number of rotatable bonds is 5. The highest BCUT2D eigenvalue weighted by atomic mass is 32.1. The summed E-state index contributed by atoms with van der Waals surface area (Å²) in [6.45, 7) is 0. The molecule has 0 saturated carbocycles. The van der Waals surface area contributed by atoms with Gasteiger partial charge >= 0.3 is 0 Å². The van der Waals surface area contributed by atoms with Crippen LogP contribution in [0.3, 0.4) is 0 Å². The summed E-state index contributed by atoms with van der Waals surface area (Å²) >= 11 is 1.53. The number of aromatic nitrogens is 1. The Labute approximate surface area is 170 Å². The first kappa shape index (κ1) is 18.5. The molecule has 29 heavy (non-hydrogen) atoms. The summed E-state index contributed by atoms with van der Waals surface area (Å²) in [7, 11) is 0. The van der Waals surface area contributed by atoms with Crippen molar-refractivity contribution >= 4 is 45.2 Å². The number of fused-ring (bicyclic) bond motifs is 1. The van der Waals surface area contributed by atoms with Crippen LogP contribution in [0, 0.1) is 10.1 Å². The topological polar surface area (TPSA) is 88.6 Å². The highest BCUT2D eigenvalue weighted by Crippen LogP contribution is 2.36. The molecule has 1 N–H and O–H groups in total. The predicted octanol–water partition coefficient (Wildman–Crippen LogP) is 5.99. The lowest BCUT2D eigenvalue weighted by atomic mass is 10.2. The molecule has 142 valence electrons. The normalized spacial score (nSPS) is 11.6. The average molecular weight is 401 g/mol. The maximum absolute atomic E-state index is 10.7. The summed E-state index contributed by atoms with van der Waals surface area (Å²) in [6, 6.07) is 19.3. The van der Waals surface area contributed by atoms with Gasteiger partial charge in [0.05, 0.1) is 26.4 Å². The molecule has 0 aliphatic carbocycles. The molecule has 0 atom stereocenters. The van der Waals surface area contributed by atoms with Gasteiger partial charge in [0.2, 0.25) is 0 Å². The number of phenols is 1. The minimum Gasteiger partial charge on any atom is -0.507 e. The van der Waals surface area contributed by atoms with Crippen molar-refractivity contribution in [2.24, 2.45) is 4.99 Å². The molecule has 4 rings (SSSR count). The molecular formula is C22H15N3O3S.